The fraction of sp³-hybridized carbons (Fsp3) is 0.750. The Morgan fingerprint density at radius 2 is 2.33 bits per heavy atom. The second-order valence-corrected chi connectivity index (χ2v) is 3.77. The maximum atomic E-state index is 11.6. The van der Waals surface area contributed by atoms with Gasteiger partial charge in [-0.1, -0.05) is 5.10 Å². The van der Waals surface area contributed by atoms with Crippen LogP contribution in [0.5, 0.6) is 0 Å². The van der Waals surface area contributed by atoms with Gasteiger partial charge in [-0.2, -0.15) is 0 Å². The van der Waals surface area contributed by atoms with Gasteiger partial charge in [0.15, 0.2) is 0 Å². The van der Waals surface area contributed by atoms with Crippen LogP contribution in [0.2, 0.25) is 0 Å². The number of aromatic nitrogens is 4. The molecule has 1 aliphatic carbocycles. The van der Waals surface area contributed by atoms with Crippen molar-refractivity contribution in [1.29, 1.82) is 0 Å². The van der Waals surface area contributed by atoms with E-state index in [9.17, 15) is 4.79 Å². The molecule has 0 spiro atoms. The summed E-state index contributed by atoms with van der Waals surface area (Å²) in [5.74, 6) is 0.481. The first-order chi connectivity index (χ1) is 7.16. The molecule has 1 saturated carbocycles. The lowest BCUT2D eigenvalue weighted by molar-refractivity contribution is -0.121. The van der Waals surface area contributed by atoms with Crippen LogP contribution in [0.4, 0.5) is 5.95 Å². The molecule has 82 valence electrons. The molecule has 15 heavy (non-hydrogen) atoms. The molecule has 0 saturated heterocycles. The summed E-state index contributed by atoms with van der Waals surface area (Å²) in [6.45, 7) is 1.78. The minimum Gasteiger partial charge on any atom is -0.352 e. The topological polar surface area (TPSA) is 84.7 Å². The Hall–Kier alpha value is -1.66. The molecular formula is C8H14N6O. The zero-order chi connectivity index (χ0) is 10.8. The van der Waals surface area contributed by atoms with Crippen molar-refractivity contribution in [2.75, 3.05) is 5.32 Å². The number of tetrazole rings is 1. The largest absolute Gasteiger partial charge is 0.352 e. The minimum atomic E-state index is -0.324. The van der Waals surface area contributed by atoms with E-state index in [-0.39, 0.29) is 11.9 Å². The zero-order valence-corrected chi connectivity index (χ0v) is 8.77. The number of amides is 1. The first-order valence-electron chi connectivity index (χ1n) is 4.96. The van der Waals surface area contributed by atoms with Gasteiger partial charge in [-0.3, -0.25) is 4.79 Å². The van der Waals surface area contributed by atoms with Crippen LogP contribution in [0.1, 0.15) is 19.8 Å². The Labute approximate surface area is 87.2 Å². The van der Waals surface area contributed by atoms with Crippen LogP contribution in [0, 0.1) is 0 Å². The Kier molecular flexibility index (Phi) is 2.53. The summed E-state index contributed by atoms with van der Waals surface area (Å²) in [6, 6.07) is 0.0506. The van der Waals surface area contributed by atoms with Crippen molar-refractivity contribution in [1.82, 2.24) is 25.5 Å². The minimum absolute atomic E-state index is 0.0134. The summed E-state index contributed by atoms with van der Waals surface area (Å²) < 4.78 is 1.49. The number of carbonyl (C=O) groups excluding carboxylic acids is 1. The molecule has 1 fully saturated rings. The van der Waals surface area contributed by atoms with Gasteiger partial charge in [-0.15, -0.1) is 0 Å². The third-order valence-corrected chi connectivity index (χ3v) is 2.28. The predicted octanol–water partition coefficient (Wildman–Crippen LogP) is -0.711. The maximum Gasteiger partial charge on any atom is 0.243 e. The number of anilines is 1. The third kappa shape index (κ3) is 2.42. The van der Waals surface area contributed by atoms with Crippen molar-refractivity contribution in [3.05, 3.63) is 0 Å². The normalized spacial score (nSPS) is 17.2. The number of aryl methyl sites for hydroxylation is 1. The molecule has 1 aromatic rings. The average Bonchev–Trinajstić information content (AvgIpc) is 2.92. The summed E-state index contributed by atoms with van der Waals surface area (Å²) in [7, 11) is 1.72. The molecule has 1 aromatic heterocycles. The Bertz CT molecular complexity index is 358. The van der Waals surface area contributed by atoms with E-state index in [1.165, 1.54) is 4.68 Å². The van der Waals surface area contributed by atoms with Gasteiger partial charge in [-0.25, -0.2) is 4.68 Å². The van der Waals surface area contributed by atoms with Gasteiger partial charge in [0.1, 0.15) is 6.04 Å². The lowest BCUT2D eigenvalue weighted by atomic mass is 10.3. The molecule has 2 rings (SSSR count). The van der Waals surface area contributed by atoms with E-state index >= 15 is 0 Å². The van der Waals surface area contributed by atoms with Crippen LogP contribution >= 0.6 is 0 Å². The summed E-state index contributed by atoms with van der Waals surface area (Å²) in [5, 5.41) is 16.7. The van der Waals surface area contributed by atoms with Gasteiger partial charge < -0.3 is 10.6 Å². The van der Waals surface area contributed by atoms with Gasteiger partial charge >= 0.3 is 0 Å². The number of nitrogens with one attached hydrogen (secondary N) is 2. The molecule has 0 bridgehead atoms. The Morgan fingerprint density at radius 1 is 1.60 bits per heavy atom. The fourth-order valence-corrected chi connectivity index (χ4v) is 1.16. The van der Waals surface area contributed by atoms with E-state index in [0.717, 1.165) is 12.8 Å². The van der Waals surface area contributed by atoms with Crippen molar-refractivity contribution in [2.24, 2.45) is 7.05 Å². The molecule has 1 atom stereocenters. The van der Waals surface area contributed by atoms with Crippen LogP contribution in [0.25, 0.3) is 0 Å². The zero-order valence-electron chi connectivity index (χ0n) is 8.77. The summed E-state index contributed by atoms with van der Waals surface area (Å²) >= 11 is 0. The predicted molar refractivity (Wildman–Crippen MR) is 53.0 cm³/mol. The van der Waals surface area contributed by atoms with E-state index in [2.05, 4.69) is 26.2 Å². The molecule has 2 N–H and O–H groups in total. The lowest BCUT2D eigenvalue weighted by Crippen LogP contribution is -2.39. The van der Waals surface area contributed by atoms with Crippen LogP contribution in [0.15, 0.2) is 0 Å². The van der Waals surface area contributed by atoms with E-state index < -0.39 is 0 Å². The molecule has 7 nitrogen and oxygen atoms in total. The second kappa shape index (κ2) is 3.84. The van der Waals surface area contributed by atoms with Gasteiger partial charge in [0.2, 0.25) is 11.9 Å². The van der Waals surface area contributed by atoms with Crippen LogP contribution in [-0.4, -0.2) is 38.2 Å². The molecule has 0 radical (unpaired) electrons. The van der Waals surface area contributed by atoms with E-state index in [1.54, 1.807) is 14.0 Å². The average molecular weight is 210 g/mol. The monoisotopic (exact) mass is 210 g/mol. The highest BCUT2D eigenvalue weighted by Crippen LogP contribution is 2.18. The van der Waals surface area contributed by atoms with E-state index in [1.807, 2.05) is 0 Å². The van der Waals surface area contributed by atoms with E-state index in [0.29, 0.717) is 12.0 Å². The first kappa shape index (κ1) is 9.88. The third-order valence-electron chi connectivity index (χ3n) is 2.28. The van der Waals surface area contributed by atoms with Crippen LogP contribution < -0.4 is 10.6 Å². The maximum absolute atomic E-state index is 11.6. The number of rotatable bonds is 4. The summed E-state index contributed by atoms with van der Waals surface area (Å²) in [4.78, 5) is 11.6. The van der Waals surface area contributed by atoms with Crippen LogP contribution in [-0.2, 0) is 11.8 Å². The number of hydrogen-bond acceptors (Lipinski definition) is 5. The molecule has 1 heterocycles. The molecule has 0 aliphatic heterocycles. The van der Waals surface area contributed by atoms with Gasteiger partial charge in [0.05, 0.1) is 0 Å². The molecule has 1 amide bonds. The van der Waals surface area contributed by atoms with Crippen molar-refractivity contribution < 1.29 is 4.79 Å². The van der Waals surface area contributed by atoms with Crippen LogP contribution in [0.3, 0.4) is 0 Å². The van der Waals surface area contributed by atoms with E-state index in [4.69, 9.17) is 0 Å². The molecule has 0 aromatic carbocycles. The van der Waals surface area contributed by atoms with Gasteiger partial charge in [0.25, 0.3) is 0 Å². The smallest absolute Gasteiger partial charge is 0.243 e. The molecular weight excluding hydrogens is 196 g/mol. The van der Waals surface area contributed by atoms with Gasteiger partial charge in [0, 0.05) is 13.1 Å². The number of nitrogens with zero attached hydrogens (tertiary/aromatic N) is 4. The fourth-order valence-electron chi connectivity index (χ4n) is 1.16. The highest BCUT2D eigenvalue weighted by atomic mass is 16.2. The van der Waals surface area contributed by atoms with Gasteiger partial charge in [-0.05, 0) is 30.2 Å². The second-order valence-electron chi connectivity index (χ2n) is 3.77. The molecule has 1 aliphatic rings. The Morgan fingerprint density at radius 3 is 2.87 bits per heavy atom. The number of carbonyl (C=O) groups is 1. The van der Waals surface area contributed by atoms with Crippen molar-refractivity contribution in [3.8, 4) is 0 Å². The quantitative estimate of drug-likeness (QED) is 0.685. The van der Waals surface area contributed by atoms with Crippen molar-refractivity contribution in [3.63, 3.8) is 0 Å². The highest BCUT2D eigenvalue weighted by Gasteiger charge is 2.25. The standard InChI is InChI=1S/C8H14N6O/c1-5(7(15)10-6-3-4-6)9-8-11-12-13-14(8)2/h5-6H,3-4H2,1-2H3,(H,10,15)(H,9,11,13). The Balaban J connectivity index is 1.87. The number of hydrogen-bond donors (Lipinski definition) is 2. The highest BCUT2D eigenvalue weighted by molar-refractivity contribution is 5.84. The van der Waals surface area contributed by atoms with Crippen molar-refractivity contribution >= 4 is 11.9 Å². The SMILES string of the molecule is CC(Nc1nnnn1C)C(=O)NC1CC1. The summed E-state index contributed by atoms with van der Waals surface area (Å²) in [5.41, 5.74) is 0. The lowest BCUT2D eigenvalue weighted by Gasteiger charge is -2.12. The molecule has 7 heteroatoms. The first-order valence-corrected chi connectivity index (χ1v) is 4.96. The molecule has 1 unspecified atom stereocenters. The van der Waals surface area contributed by atoms with Crippen molar-refractivity contribution in [2.45, 2.75) is 31.8 Å². The summed E-state index contributed by atoms with van der Waals surface area (Å²) in [6.07, 6.45) is 2.17.